The van der Waals surface area contributed by atoms with Gasteiger partial charge in [-0.1, -0.05) is 0 Å². The molecule has 1 rings (SSSR count). The van der Waals surface area contributed by atoms with Crippen LogP contribution >= 0.6 is 0 Å². The zero-order valence-corrected chi connectivity index (χ0v) is 7.45. The molecule has 0 aliphatic carbocycles. The first-order chi connectivity index (χ1) is 5.83. The van der Waals surface area contributed by atoms with Crippen molar-refractivity contribution in [2.24, 2.45) is 0 Å². The fourth-order valence-corrected chi connectivity index (χ4v) is 1.34. The summed E-state index contributed by atoms with van der Waals surface area (Å²) in [5.41, 5.74) is 0. The van der Waals surface area contributed by atoms with Crippen LogP contribution in [0.4, 0.5) is 0 Å². The minimum Gasteiger partial charge on any atom is -0.379 e. The van der Waals surface area contributed by atoms with E-state index >= 15 is 0 Å². The van der Waals surface area contributed by atoms with E-state index < -0.39 is 0 Å². The molecular weight excluding hydrogens is 156 g/mol. The summed E-state index contributed by atoms with van der Waals surface area (Å²) in [5.74, 6) is 0. The van der Waals surface area contributed by atoms with Gasteiger partial charge >= 0.3 is 0 Å². The van der Waals surface area contributed by atoms with Gasteiger partial charge < -0.3 is 10.1 Å². The SMILES string of the molecule is CC(CN1CCOCC1)NC=O. The highest BCUT2D eigenvalue weighted by molar-refractivity contribution is 5.46. The molecule has 1 amide bonds. The summed E-state index contributed by atoms with van der Waals surface area (Å²) in [4.78, 5) is 12.4. The van der Waals surface area contributed by atoms with Crippen molar-refractivity contribution in [2.45, 2.75) is 13.0 Å². The molecule has 0 aromatic rings. The van der Waals surface area contributed by atoms with Gasteiger partial charge in [0.25, 0.3) is 0 Å². The predicted molar refractivity (Wildman–Crippen MR) is 45.9 cm³/mol. The molecule has 4 heteroatoms. The van der Waals surface area contributed by atoms with Crippen LogP contribution in [-0.2, 0) is 9.53 Å². The molecule has 0 saturated carbocycles. The first kappa shape index (κ1) is 9.48. The van der Waals surface area contributed by atoms with E-state index in [1.54, 1.807) is 0 Å². The molecule has 12 heavy (non-hydrogen) atoms. The lowest BCUT2D eigenvalue weighted by molar-refractivity contribution is -0.110. The molecule has 1 saturated heterocycles. The molecule has 70 valence electrons. The van der Waals surface area contributed by atoms with Crippen molar-refractivity contribution in [3.8, 4) is 0 Å². The highest BCUT2D eigenvalue weighted by atomic mass is 16.5. The van der Waals surface area contributed by atoms with E-state index in [0.717, 1.165) is 39.3 Å². The Hall–Kier alpha value is -0.610. The summed E-state index contributed by atoms with van der Waals surface area (Å²) in [6, 6.07) is 0.237. The van der Waals surface area contributed by atoms with Gasteiger partial charge in [0.15, 0.2) is 0 Å². The molecule has 0 aromatic heterocycles. The van der Waals surface area contributed by atoms with Crippen LogP contribution in [0, 0.1) is 0 Å². The monoisotopic (exact) mass is 172 g/mol. The number of hydrogen-bond acceptors (Lipinski definition) is 3. The van der Waals surface area contributed by atoms with Gasteiger partial charge in [-0.2, -0.15) is 0 Å². The Morgan fingerprint density at radius 2 is 2.25 bits per heavy atom. The third-order valence-electron chi connectivity index (χ3n) is 1.99. The Morgan fingerprint density at radius 1 is 1.58 bits per heavy atom. The quantitative estimate of drug-likeness (QED) is 0.579. The Morgan fingerprint density at radius 3 is 2.83 bits per heavy atom. The maximum atomic E-state index is 10.1. The van der Waals surface area contributed by atoms with Crippen molar-refractivity contribution in [3.63, 3.8) is 0 Å². The van der Waals surface area contributed by atoms with E-state index in [-0.39, 0.29) is 6.04 Å². The maximum Gasteiger partial charge on any atom is 0.207 e. The zero-order valence-electron chi connectivity index (χ0n) is 7.45. The Bertz CT molecular complexity index is 135. The number of morpholine rings is 1. The molecule has 1 atom stereocenters. The second-order valence-electron chi connectivity index (χ2n) is 3.10. The van der Waals surface area contributed by atoms with Crippen LogP contribution in [-0.4, -0.2) is 50.2 Å². The Kier molecular flexibility index (Phi) is 4.04. The van der Waals surface area contributed by atoms with Crippen LogP contribution in [0.25, 0.3) is 0 Å². The van der Waals surface area contributed by atoms with Crippen LogP contribution in [0.1, 0.15) is 6.92 Å². The van der Waals surface area contributed by atoms with Crippen molar-refractivity contribution in [3.05, 3.63) is 0 Å². The van der Waals surface area contributed by atoms with Gasteiger partial charge in [0.05, 0.1) is 13.2 Å². The number of amides is 1. The lowest BCUT2D eigenvalue weighted by Gasteiger charge is -2.28. The number of nitrogens with zero attached hydrogens (tertiary/aromatic N) is 1. The number of rotatable bonds is 4. The molecule has 1 N–H and O–H groups in total. The normalized spacial score (nSPS) is 21.8. The summed E-state index contributed by atoms with van der Waals surface area (Å²) in [6.45, 7) is 6.50. The zero-order chi connectivity index (χ0) is 8.81. The summed E-state index contributed by atoms with van der Waals surface area (Å²) in [6.07, 6.45) is 0.755. The van der Waals surface area contributed by atoms with E-state index in [4.69, 9.17) is 4.74 Å². The lowest BCUT2D eigenvalue weighted by Crippen LogP contribution is -2.44. The number of nitrogens with one attached hydrogen (secondary N) is 1. The van der Waals surface area contributed by atoms with Gasteiger partial charge in [-0.3, -0.25) is 9.69 Å². The highest BCUT2D eigenvalue weighted by Gasteiger charge is 2.12. The molecule has 4 nitrogen and oxygen atoms in total. The molecular formula is C8H16N2O2. The summed E-state index contributed by atoms with van der Waals surface area (Å²) < 4.78 is 5.21. The van der Waals surface area contributed by atoms with E-state index in [2.05, 4.69) is 10.2 Å². The fourth-order valence-electron chi connectivity index (χ4n) is 1.34. The second-order valence-corrected chi connectivity index (χ2v) is 3.10. The minimum atomic E-state index is 0.237. The molecule has 1 heterocycles. The third-order valence-corrected chi connectivity index (χ3v) is 1.99. The molecule has 1 unspecified atom stereocenters. The number of hydrogen-bond donors (Lipinski definition) is 1. The van der Waals surface area contributed by atoms with Gasteiger partial charge in [-0.05, 0) is 6.92 Å². The summed E-state index contributed by atoms with van der Waals surface area (Å²) >= 11 is 0. The van der Waals surface area contributed by atoms with Crippen LogP contribution in [0.3, 0.4) is 0 Å². The lowest BCUT2D eigenvalue weighted by atomic mass is 10.3. The maximum absolute atomic E-state index is 10.1. The predicted octanol–water partition coefficient (Wildman–Crippen LogP) is -0.547. The second kappa shape index (κ2) is 5.11. The highest BCUT2D eigenvalue weighted by Crippen LogP contribution is 1.97. The molecule has 1 fully saturated rings. The van der Waals surface area contributed by atoms with Crippen molar-refractivity contribution in [1.29, 1.82) is 0 Å². The molecule has 0 bridgehead atoms. The topological polar surface area (TPSA) is 41.6 Å². The van der Waals surface area contributed by atoms with Gasteiger partial charge in [-0.25, -0.2) is 0 Å². The van der Waals surface area contributed by atoms with Crippen molar-refractivity contribution in [1.82, 2.24) is 10.2 Å². The number of carbonyl (C=O) groups is 1. The largest absolute Gasteiger partial charge is 0.379 e. The Balaban J connectivity index is 2.15. The molecule has 0 radical (unpaired) electrons. The number of carbonyl (C=O) groups excluding carboxylic acids is 1. The van der Waals surface area contributed by atoms with E-state index in [1.807, 2.05) is 6.92 Å². The number of ether oxygens (including phenoxy) is 1. The minimum absolute atomic E-state index is 0.237. The average molecular weight is 172 g/mol. The first-order valence-electron chi connectivity index (χ1n) is 4.32. The average Bonchev–Trinajstić information content (AvgIpc) is 2.06. The third kappa shape index (κ3) is 3.19. The molecule has 0 aromatic carbocycles. The van der Waals surface area contributed by atoms with Gasteiger partial charge in [0.1, 0.15) is 0 Å². The van der Waals surface area contributed by atoms with Crippen molar-refractivity contribution >= 4 is 6.41 Å². The van der Waals surface area contributed by atoms with Crippen LogP contribution < -0.4 is 5.32 Å². The fraction of sp³-hybridized carbons (Fsp3) is 0.875. The van der Waals surface area contributed by atoms with Gasteiger partial charge in [0.2, 0.25) is 6.41 Å². The van der Waals surface area contributed by atoms with Gasteiger partial charge in [-0.15, -0.1) is 0 Å². The van der Waals surface area contributed by atoms with Crippen LogP contribution in [0.2, 0.25) is 0 Å². The van der Waals surface area contributed by atoms with E-state index in [9.17, 15) is 4.79 Å². The molecule has 0 spiro atoms. The van der Waals surface area contributed by atoms with E-state index in [1.165, 1.54) is 0 Å². The van der Waals surface area contributed by atoms with Crippen LogP contribution in [0.5, 0.6) is 0 Å². The van der Waals surface area contributed by atoms with E-state index in [0.29, 0.717) is 0 Å². The standard InChI is InChI=1S/C8H16N2O2/c1-8(9-7-11)6-10-2-4-12-5-3-10/h7-8H,2-6H2,1H3,(H,9,11). The Labute approximate surface area is 72.9 Å². The first-order valence-corrected chi connectivity index (χ1v) is 4.32. The molecule has 1 aliphatic heterocycles. The summed E-state index contributed by atoms with van der Waals surface area (Å²) in [7, 11) is 0. The summed E-state index contributed by atoms with van der Waals surface area (Å²) in [5, 5.41) is 2.73. The van der Waals surface area contributed by atoms with Crippen molar-refractivity contribution < 1.29 is 9.53 Å². The van der Waals surface area contributed by atoms with Gasteiger partial charge in [0, 0.05) is 25.7 Å². The molecule has 1 aliphatic rings. The van der Waals surface area contributed by atoms with Crippen LogP contribution in [0.15, 0.2) is 0 Å². The van der Waals surface area contributed by atoms with Crippen molar-refractivity contribution in [2.75, 3.05) is 32.8 Å². The smallest absolute Gasteiger partial charge is 0.207 e.